The van der Waals surface area contributed by atoms with Gasteiger partial charge in [-0.2, -0.15) is 4.37 Å². The predicted molar refractivity (Wildman–Crippen MR) is 86.0 cm³/mol. The van der Waals surface area contributed by atoms with E-state index in [1.54, 1.807) is 4.90 Å². The van der Waals surface area contributed by atoms with Crippen molar-refractivity contribution in [2.45, 2.75) is 51.5 Å². The molecular formula is C15H23ClN2O2S. The monoisotopic (exact) mass is 330 g/mol. The zero-order valence-electron chi connectivity index (χ0n) is 13.1. The van der Waals surface area contributed by atoms with E-state index in [1.807, 2.05) is 27.7 Å². The van der Waals surface area contributed by atoms with Crippen LogP contribution in [0.1, 0.15) is 49.6 Å². The molecule has 118 valence electrons. The SMILES string of the molecule is Cc1cc(C(Cl)C2CCN(C(=O)OC(C)(C)C)CC2)sn1. The third kappa shape index (κ3) is 4.58. The van der Waals surface area contributed by atoms with Gasteiger partial charge in [-0.25, -0.2) is 4.79 Å². The second kappa shape index (κ2) is 6.53. The van der Waals surface area contributed by atoms with Gasteiger partial charge in [0.05, 0.1) is 11.1 Å². The van der Waals surface area contributed by atoms with Gasteiger partial charge in [0, 0.05) is 18.0 Å². The maximum absolute atomic E-state index is 12.0. The van der Waals surface area contributed by atoms with Crippen LogP contribution in [0.3, 0.4) is 0 Å². The Morgan fingerprint density at radius 1 is 1.48 bits per heavy atom. The highest BCUT2D eigenvalue weighted by Crippen LogP contribution is 2.38. The van der Waals surface area contributed by atoms with E-state index in [9.17, 15) is 4.79 Å². The molecule has 4 nitrogen and oxygen atoms in total. The zero-order chi connectivity index (χ0) is 15.6. The molecule has 0 radical (unpaired) electrons. The minimum absolute atomic E-state index is 0.00279. The maximum atomic E-state index is 12.0. The van der Waals surface area contributed by atoms with Gasteiger partial charge in [0.15, 0.2) is 0 Å². The smallest absolute Gasteiger partial charge is 0.410 e. The van der Waals surface area contributed by atoms with E-state index in [1.165, 1.54) is 11.5 Å². The van der Waals surface area contributed by atoms with Crippen molar-refractivity contribution in [3.05, 3.63) is 16.6 Å². The average Bonchev–Trinajstić information content (AvgIpc) is 2.83. The first-order chi connectivity index (χ1) is 9.76. The molecule has 1 aliphatic heterocycles. The number of piperidine rings is 1. The lowest BCUT2D eigenvalue weighted by Gasteiger charge is -2.34. The van der Waals surface area contributed by atoms with Crippen LogP contribution >= 0.6 is 23.1 Å². The summed E-state index contributed by atoms with van der Waals surface area (Å²) in [5, 5.41) is -0.00279. The molecule has 6 heteroatoms. The van der Waals surface area contributed by atoms with Crippen LogP contribution in [0, 0.1) is 12.8 Å². The van der Waals surface area contributed by atoms with Crippen LogP contribution in [0.5, 0.6) is 0 Å². The molecule has 2 rings (SSSR count). The number of ether oxygens (including phenoxy) is 1. The van der Waals surface area contributed by atoms with Gasteiger partial charge in [-0.05, 0) is 64.1 Å². The van der Waals surface area contributed by atoms with E-state index in [0.29, 0.717) is 19.0 Å². The van der Waals surface area contributed by atoms with Crippen molar-refractivity contribution in [3.63, 3.8) is 0 Å². The van der Waals surface area contributed by atoms with Crippen LogP contribution in [0.15, 0.2) is 6.07 Å². The molecule has 2 heterocycles. The molecule has 1 aromatic heterocycles. The van der Waals surface area contributed by atoms with E-state index in [4.69, 9.17) is 16.3 Å². The third-order valence-electron chi connectivity index (χ3n) is 3.52. The molecule has 1 unspecified atom stereocenters. The summed E-state index contributed by atoms with van der Waals surface area (Å²) in [4.78, 5) is 14.9. The van der Waals surface area contributed by atoms with Gasteiger partial charge in [-0.3, -0.25) is 0 Å². The summed E-state index contributed by atoms with van der Waals surface area (Å²) in [5.74, 6) is 0.394. The number of nitrogens with zero attached hydrogens (tertiary/aromatic N) is 2. The van der Waals surface area contributed by atoms with Gasteiger partial charge >= 0.3 is 6.09 Å². The van der Waals surface area contributed by atoms with Gasteiger partial charge in [0.2, 0.25) is 0 Å². The average molecular weight is 331 g/mol. The fourth-order valence-electron chi connectivity index (χ4n) is 2.45. The Balaban J connectivity index is 1.87. The van der Waals surface area contributed by atoms with Crippen LogP contribution in [0.25, 0.3) is 0 Å². The largest absolute Gasteiger partial charge is 0.444 e. The number of halogens is 1. The molecule has 1 atom stereocenters. The number of rotatable bonds is 2. The van der Waals surface area contributed by atoms with Crippen molar-refractivity contribution < 1.29 is 9.53 Å². The molecule has 1 aromatic rings. The van der Waals surface area contributed by atoms with Crippen LogP contribution in [0.2, 0.25) is 0 Å². The summed E-state index contributed by atoms with van der Waals surface area (Å²) < 4.78 is 9.70. The number of aryl methyl sites for hydroxylation is 1. The van der Waals surface area contributed by atoms with Crippen LogP contribution in [0.4, 0.5) is 4.79 Å². The van der Waals surface area contributed by atoms with Crippen LogP contribution in [-0.4, -0.2) is 34.1 Å². The van der Waals surface area contributed by atoms with Gasteiger partial charge in [0.25, 0.3) is 0 Å². The van der Waals surface area contributed by atoms with Crippen LogP contribution < -0.4 is 0 Å². The van der Waals surface area contributed by atoms with Gasteiger partial charge in [0.1, 0.15) is 5.60 Å². The Labute approximate surface area is 135 Å². The molecule has 0 spiro atoms. The Bertz CT molecular complexity index is 490. The molecule has 0 aromatic carbocycles. The van der Waals surface area contributed by atoms with E-state index in [2.05, 4.69) is 10.4 Å². The molecular weight excluding hydrogens is 308 g/mol. The minimum Gasteiger partial charge on any atom is -0.444 e. The van der Waals surface area contributed by atoms with Crippen molar-refractivity contribution in [2.24, 2.45) is 5.92 Å². The van der Waals surface area contributed by atoms with Crippen molar-refractivity contribution in [3.8, 4) is 0 Å². The molecule has 0 bridgehead atoms. The molecule has 0 aliphatic carbocycles. The number of likely N-dealkylation sites (tertiary alicyclic amines) is 1. The molecule has 1 saturated heterocycles. The summed E-state index contributed by atoms with van der Waals surface area (Å²) >= 11 is 8.05. The number of carbonyl (C=O) groups excluding carboxylic acids is 1. The van der Waals surface area contributed by atoms with E-state index >= 15 is 0 Å². The Morgan fingerprint density at radius 2 is 2.10 bits per heavy atom. The number of hydrogen-bond donors (Lipinski definition) is 0. The second-order valence-electron chi connectivity index (χ2n) is 6.58. The number of alkyl halides is 1. The van der Waals surface area contributed by atoms with Gasteiger partial charge in [-0.1, -0.05) is 0 Å². The van der Waals surface area contributed by atoms with Gasteiger partial charge < -0.3 is 9.64 Å². The van der Waals surface area contributed by atoms with E-state index in [0.717, 1.165) is 23.4 Å². The summed E-state index contributed by atoms with van der Waals surface area (Å²) in [6, 6.07) is 2.06. The maximum Gasteiger partial charge on any atom is 0.410 e. The summed E-state index contributed by atoms with van der Waals surface area (Å²) in [6.07, 6.45) is 1.59. The highest BCUT2D eigenvalue weighted by Gasteiger charge is 2.31. The van der Waals surface area contributed by atoms with Crippen molar-refractivity contribution in [1.29, 1.82) is 0 Å². The lowest BCUT2D eigenvalue weighted by atomic mass is 9.92. The highest BCUT2D eigenvalue weighted by molar-refractivity contribution is 7.06. The highest BCUT2D eigenvalue weighted by atomic mass is 35.5. The summed E-state index contributed by atoms with van der Waals surface area (Å²) in [6.45, 7) is 9.06. The summed E-state index contributed by atoms with van der Waals surface area (Å²) in [5.41, 5.74) is 0.579. The fraction of sp³-hybridized carbons (Fsp3) is 0.733. The number of amides is 1. The molecule has 0 N–H and O–H groups in total. The Kier molecular flexibility index (Phi) is 5.15. The molecule has 1 aliphatic rings. The topological polar surface area (TPSA) is 42.4 Å². The van der Waals surface area contributed by atoms with Crippen molar-refractivity contribution >= 4 is 29.2 Å². The molecule has 1 fully saturated rings. The third-order valence-corrected chi connectivity index (χ3v) is 5.21. The molecule has 21 heavy (non-hydrogen) atoms. The first-order valence-electron chi connectivity index (χ1n) is 7.31. The Morgan fingerprint density at radius 3 is 2.57 bits per heavy atom. The number of hydrogen-bond acceptors (Lipinski definition) is 4. The van der Waals surface area contributed by atoms with E-state index in [-0.39, 0.29) is 11.5 Å². The normalized spacial score (nSPS) is 18.6. The minimum atomic E-state index is -0.441. The van der Waals surface area contributed by atoms with Gasteiger partial charge in [-0.15, -0.1) is 11.6 Å². The quantitative estimate of drug-likeness (QED) is 0.756. The molecule has 1 amide bonds. The first kappa shape index (κ1) is 16.6. The number of aromatic nitrogens is 1. The second-order valence-corrected chi connectivity index (χ2v) is 7.88. The standard InChI is InChI=1S/C15H23ClN2O2S/c1-10-9-12(21-17-10)13(16)11-5-7-18(8-6-11)14(19)20-15(2,3)4/h9,11,13H,5-8H2,1-4H3. The summed E-state index contributed by atoms with van der Waals surface area (Å²) in [7, 11) is 0. The first-order valence-corrected chi connectivity index (χ1v) is 8.52. The lowest BCUT2D eigenvalue weighted by molar-refractivity contribution is 0.0182. The zero-order valence-corrected chi connectivity index (χ0v) is 14.6. The fourth-order valence-corrected chi connectivity index (χ4v) is 3.70. The Hall–Kier alpha value is -0.810. The van der Waals surface area contributed by atoms with Crippen molar-refractivity contribution in [2.75, 3.05) is 13.1 Å². The molecule has 0 saturated carbocycles. The lowest BCUT2D eigenvalue weighted by Crippen LogP contribution is -2.42. The van der Waals surface area contributed by atoms with Crippen LogP contribution in [-0.2, 0) is 4.74 Å². The predicted octanol–water partition coefficient (Wildman–Crippen LogP) is 4.38. The van der Waals surface area contributed by atoms with Crippen molar-refractivity contribution in [1.82, 2.24) is 9.27 Å². The number of carbonyl (C=O) groups is 1. The van der Waals surface area contributed by atoms with E-state index < -0.39 is 5.60 Å².